The highest BCUT2D eigenvalue weighted by molar-refractivity contribution is 5.37. The molecule has 0 aliphatic carbocycles. The molecule has 2 rings (SSSR count). The highest BCUT2D eigenvalue weighted by Crippen LogP contribution is 2.20. The van der Waals surface area contributed by atoms with Crippen molar-refractivity contribution >= 4 is 0 Å². The summed E-state index contributed by atoms with van der Waals surface area (Å²) in [5.41, 5.74) is 8.94. The van der Waals surface area contributed by atoms with Gasteiger partial charge in [-0.05, 0) is 13.0 Å². The third kappa shape index (κ3) is 2.65. The predicted molar refractivity (Wildman–Crippen MR) is 67.0 cm³/mol. The zero-order valence-electron chi connectivity index (χ0n) is 10.2. The van der Waals surface area contributed by atoms with Crippen LogP contribution in [0.5, 0.6) is 5.75 Å². The molecule has 1 aromatic heterocycles. The number of aromatic nitrogens is 2. The van der Waals surface area contributed by atoms with Crippen molar-refractivity contribution in [3.05, 3.63) is 47.3 Å². The van der Waals surface area contributed by atoms with Gasteiger partial charge in [0.1, 0.15) is 5.75 Å². The van der Waals surface area contributed by atoms with Crippen LogP contribution in [0.1, 0.15) is 16.7 Å². The number of nitrogens with zero attached hydrogens (tertiary/aromatic N) is 2. The first-order valence-corrected chi connectivity index (χ1v) is 5.58. The molecule has 0 spiro atoms. The average Bonchev–Trinajstić information content (AvgIpc) is 2.77. The first-order chi connectivity index (χ1) is 8.22. The summed E-state index contributed by atoms with van der Waals surface area (Å²) in [7, 11) is 1.68. The minimum Gasteiger partial charge on any atom is -0.496 e. The minimum absolute atomic E-state index is 0.519. The van der Waals surface area contributed by atoms with Crippen LogP contribution in [-0.4, -0.2) is 16.9 Å². The number of methoxy groups -OCH3 is 1. The molecule has 90 valence electrons. The second-order valence-corrected chi connectivity index (χ2v) is 4.07. The van der Waals surface area contributed by atoms with Crippen LogP contribution in [0, 0.1) is 6.92 Å². The molecule has 2 aromatic rings. The molecule has 0 aliphatic heterocycles. The summed E-state index contributed by atoms with van der Waals surface area (Å²) in [5, 5.41) is 4.27. The van der Waals surface area contributed by atoms with Crippen molar-refractivity contribution in [2.45, 2.75) is 20.0 Å². The Morgan fingerprint density at radius 2 is 2.24 bits per heavy atom. The number of ether oxygens (including phenoxy) is 1. The van der Waals surface area contributed by atoms with Crippen molar-refractivity contribution < 1.29 is 4.74 Å². The largest absolute Gasteiger partial charge is 0.496 e. The maximum absolute atomic E-state index is 5.56. The van der Waals surface area contributed by atoms with Crippen LogP contribution >= 0.6 is 0 Å². The van der Waals surface area contributed by atoms with Gasteiger partial charge in [0.25, 0.3) is 0 Å². The van der Waals surface area contributed by atoms with E-state index in [2.05, 4.69) is 18.1 Å². The number of hydrogen-bond acceptors (Lipinski definition) is 3. The summed E-state index contributed by atoms with van der Waals surface area (Å²) in [6, 6.07) is 6.14. The molecule has 0 fully saturated rings. The van der Waals surface area contributed by atoms with E-state index in [1.807, 2.05) is 23.0 Å². The highest BCUT2D eigenvalue weighted by Gasteiger charge is 2.05. The number of aryl methyl sites for hydroxylation is 1. The third-order valence-electron chi connectivity index (χ3n) is 2.69. The lowest BCUT2D eigenvalue weighted by atomic mass is 10.1. The molecule has 0 unspecified atom stereocenters. The van der Waals surface area contributed by atoms with Crippen LogP contribution in [-0.2, 0) is 13.1 Å². The van der Waals surface area contributed by atoms with Gasteiger partial charge in [0.2, 0.25) is 0 Å². The molecule has 0 bridgehead atoms. The molecule has 17 heavy (non-hydrogen) atoms. The zero-order valence-corrected chi connectivity index (χ0v) is 10.2. The Hall–Kier alpha value is -1.81. The topological polar surface area (TPSA) is 53.1 Å². The monoisotopic (exact) mass is 231 g/mol. The molecular formula is C13H17N3O. The van der Waals surface area contributed by atoms with Gasteiger partial charge in [-0.1, -0.05) is 17.7 Å². The fourth-order valence-electron chi connectivity index (χ4n) is 1.80. The Labute approximate surface area is 101 Å². The maximum atomic E-state index is 5.56. The van der Waals surface area contributed by atoms with Crippen LogP contribution in [0.15, 0.2) is 30.6 Å². The van der Waals surface area contributed by atoms with E-state index in [1.165, 1.54) is 5.56 Å². The Morgan fingerprint density at radius 3 is 2.88 bits per heavy atom. The summed E-state index contributed by atoms with van der Waals surface area (Å²) >= 11 is 0. The number of nitrogens with two attached hydrogens (primary N) is 1. The SMILES string of the molecule is COc1ccc(C)cc1Cn1cc(CN)cn1. The van der Waals surface area contributed by atoms with Crippen LogP contribution < -0.4 is 10.5 Å². The van der Waals surface area contributed by atoms with Crippen molar-refractivity contribution in [3.63, 3.8) is 0 Å². The van der Waals surface area contributed by atoms with Crippen molar-refractivity contribution in [1.82, 2.24) is 9.78 Å². The van der Waals surface area contributed by atoms with Crippen molar-refractivity contribution in [2.24, 2.45) is 5.73 Å². The minimum atomic E-state index is 0.519. The quantitative estimate of drug-likeness (QED) is 0.871. The summed E-state index contributed by atoms with van der Waals surface area (Å²) < 4.78 is 7.21. The lowest BCUT2D eigenvalue weighted by Gasteiger charge is -2.09. The van der Waals surface area contributed by atoms with E-state index in [-0.39, 0.29) is 0 Å². The lowest BCUT2D eigenvalue weighted by Crippen LogP contribution is -2.03. The van der Waals surface area contributed by atoms with Crippen molar-refractivity contribution in [3.8, 4) is 5.75 Å². The van der Waals surface area contributed by atoms with Gasteiger partial charge in [0.05, 0.1) is 19.9 Å². The molecule has 0 atom stereocenters. The predicted octanol–water partition coefficient (Wildman–Crippen LogP) is 1.71. The molecule has 0 aliphatic rings. The summed E-state index contributed by atoms with van der Waals surface area (Å²) in [6.07, 6.45) is 3.75. The van der Waals surface area contributed by atoms with E-state index in [0.717, 1.165) is 16.9 Å². The van der Waals surface area contributed by atoms with Crippen molar-refractivity contribution in [2.75, 3.05) is 7.11 Å². The van der Waals surface area contributed by atoms with Gasteiger partial charge in [-0.3, -0.25) is 4.68 Å². The summed E-state index contributed by atoms with van der Waals surface area (Å²) in [5.74, 6) is 0.889. The second kappa shape index (κ2) is 5.01. The lowest BCUT2D eigenvalue weighted by molar-refractivity contribution is 0.407. The smallest absolute Gasteiger partial charge is 0.123 e. The standard InChI is InChI=1S/C13H17N3O/c1-10-3-4-13(17-2)12(5-10)9-16-8-11(6-14)7-15-16/h3-5,7-8H,6,9,14H2,1-2H3. The van der Waals surface area contributed by atoms with Gasteiger partial charge in [-0.25, -0.2) is 0 Å². The molecule has 0 radical (unpaired) electrons. The van der Waals surface area contributed by atoms with Gasteiger partial charge in [-0.2, -0.15) is 5.10 Å². The number of rotatable bonds is 4. The maximum Gasteiger partial charge on any atom is 0.123 e. The fourth-order valence-corrected chi connectivity index (χ4v) is 1.80. The molecule has 1 heterocycles. The zero-order chi connectivity index (χ0) is 12.3. The van der Waals surface area contributed by atoms with Crippen LogP contribution in [0.25, 0.3) is 0 Å². The van der Waals surface area contributed by atoms with E-state index in [1.54, 1.807) is 13.3 Å². The van der Waals surface area contributed by atoms with E-state index >= 15 is 0 Å². The molecular weight excluding hydrogens is 214 g/mol. The Kier molecular flexibility index (Phi) is 3.44. The Balaban J connectivity index is 2.25. The van der Waals surface area contributed by atoms with E-state index in [0.29, 0.717) is 13.1 Å². The molecule has 4 nitrogen and oxygen atoms in total. The van der Waals surface area contributed by atoms with Gasteiger partial charge in [-0.15, -0.1) is 0 Å². The second-order valence-electron chi connectivity index (χ2n) is 4.07. The fraction of sp³-hybridized carbons (Fsp3) is 0.308. The van der Waals surface area contributed by atoms with E-state index < -0.39 is 0 Å². The van der Waals surface area contributed by atoms with Crippen molar-refractivity contribution in [1.29, 1.82) is 0 Å². The molecule has 1 aromatic carbocycles. The van der Waals surface area contributed by atoms with E-state index in [9.17, 15) is 0 Å². The average molecular weight is 231 g/mol. The van der Waals surface area contributed by atoms with Gasteiger partial charge >= 0.3 is 0 Å². The molecule has 2 N–H and O–H groups in total. The molecule has 0 saturated carbocycles. The summed E-state index contributed by atoms with van der Waals surface area (Å²) in [4.78, 5) is 0. The molecule has 4 heteroatoms. The Bertz CT molecular complexity index is 505. The van der Waals surface area contributed by atoms with Gasteiger partial charge in [0, 0.05) is 23.9 Å². The van der Waals surface area contributed by atoms with Crippen LogP contribution in [0.3, 0.4) is 0 Å². The first-order valence-electron chi connectivity index (χ1n) is 5.58. The van der Waals surface area contributed by atoms with Gasteiger partial charge < -0.3 is 10.5 Å². The molecule has 0 saturated heterocycles. The summed E-state index contributed by atoms with van der Waals surface area (Å²) in [6.45, 7) is 3.28. The number of hydrogen-bond donors (Lipinski definition) is 1. The van der Waals surface area contributed by atoms with Gasteiger partial charge in [0.15, 0.2) is 0 Å². The van der Waals surface area contributed by atoms with Crippen LogP contribution in [0.4, 0.5) is 0 Å². The third-order valence-corrected chi connectivity index (χ3v) is 2.69. The van der Waals surface area contributed by atoms with E-state index in [4.69, 9.17) is 10.5 Å². The van der Waals surface area contributed by atoms with Crippen LogP contribution in [0.2, 0.25) is 0 Å². The normalized spacial score (nSPS) is 10.5. The molecule has 0 amide bonds. The number of benzene rings is 1. The Morgan fingerprint density at radius 1 is 1.41 bits per heavy atom. The highest BCUT2D eigenvalue weighted by atomic mass is 16.5. The first kappa shape index (κ1) is 11.7.